The van der Waals surface area contributed by atoms with Gasteiger partial charge in [0.1, 0.15) is 6.04 Å². The summed E-state index contributed by atoms with van der Waals surface area (Å²) in [5.74, 6) is -0.293. The quantitative estimate of drug-likeness (QED) is 0.910. The van der Waals surface area contributed by atoms with Gasteiger partial charge in [0, 0.05) is 13.6 Å². The normalized spacial score (nSPS) is 19.1. The first-order valence-electron chi connectivity index (χ1n) is 6.81. The van der Waals surface area contributed by atoms with Gasteiger partial charge in [-0.2, -0.15) is 0 Å². The average Bonchev–Trinajstić information content (AvgIpc) is 2.62. The molecule has 0 aromatic heterocycles. The van der Waals surface area contributed by atoms with E-state index >= 15 is 0 Å². The monoisotopic (exact) mass is 294 g/mol. The van der Waals surface area contributed by atoms with E-state index in [4.69, 9.17) is 11.6 Å². The van der Waals surface area contributed by atoms with Gasteiger partial charge < -0.3 is 10.2 Å². The first-order valence-corrected chi connectivity index (χ1v) is 7.19. The highest BCUT2D eigenvalue weighted by Gasteiger charge is 2.29. The van der Waals surface area contributed by atoms with Gasteiger partial charge >= 0.3 is 0 Å². The van der Waals surface area contributed by atoms with Crippen LogP contribution >= 0.6 is 11.6 Å². The molecule has 1 saturated heterocycles. The molecule has 1 aromatic rings. The van der Waals surface area contributed by atoms with E-state index in [1.165, 1.54) is 4.90 Å². The number of hydrogen-bond acceptors (Lipinski definition) is 2. The Balaban J connectivity index is 2.20. The topological polar surface area (TPSA) is 49.4 Å². The van der Waals surface area contributed by atoms with Crippen molar-refractivity contribution in [2.24, 2.45) is 0 Å². The van der Waals surface area contributed by atoms with Crippen LogP contribution in [0, 0.1) is 6.92 Å². The second-order valence-corrected chi connectivity index (χ2v) is 5.61. The molecule has 1 fully saturated rings. The lowest BCUT2D eigenvalue weighted by Gasteiger charge is -2.26. The molecule has 1 aromatic carbocycles. The molecule has 0 bridgehead atoms. The fraction of sp³-hybridized carbons (Fsp3) is 0.467. The van der Waals surface area contributed by atoms with E-state index in [0.29, 0.717) is 23.6 Å². The Kier molecular flexibility index (Phi) is 4.65. The summed E-state index contributed by atoms with van der Waals surface area (Å²) >= 11 is 6.13. The molecule has 1 heterocycles. The number of halogens is 1. The molecule has 1 N–H and O–H groups in total. The molecule has 2 amide bonds. The molecule has 108 valence electrons. The number of likely N-dealkylation sites (N-methyl/N-ethyl adjacent to an activating group) is 1. The highest BCUT2D eigenvalue weighted by Crippen LogP contribution is 2.21. The third-order valence-corrected chi connectivity index (χ3v) is 3.96. The summed E-state index contributed by atoms with van der Waals surface area (Å²) in [4.78, 5) is 26.0. The van der Waals surface area contributed by atoms with Crippen LogP contribution in [0.1, 0.15) is 35.2 Å². The van der Waals surface area contributed by atoms with Crippen LogP contribution in [-0.2, 0) is 4.79 Å². The Morgan fingerprint density at radius 2 is 2.15 bits per heavy atom. The van der Waals surface area contributed by atoms with Crippen LogP contribution in [0.15, 0.2) is 18.2 Å². The first-order chi connectivity index (χ1) is 9.50. The predicted octanol–water partition coefficient (Wildman–Crippen LogP) is 2.39. The van der Waals surface area contributed by atoms with Crippen molar-refractivity contribution in [2.45, 2.75) is 32.2 Å². The summed E-state index contributed by atoms with van der Waals surface area (Å²) in [6.07, 6.45) is 2.58. The van der Waals surface area contributed by atoms with Crippen LogP contribution in [-0.4, -0.2) is 36.3 Å². The van der Waals surface area contributed by atoms with Crippen LogP contribution < -0.4 is 5.32 Å². The molecular weight excluding hydrogens is 276 g/mol. The number of benzene rings is 1. The summed E-state index contributed by atoms with van der Waals surface area (Å²) in [5.41, 5.74) is 1.44. The van der Waals surface area contributed by atoms with Crippen molar-refractivity contribution in [3.05, 3.63) is 34.3 Å². The standard InChI is InChI=1S/C15H19ClN2O2/c1-10-6-7-11(12(16)9-10)15(20)18(2)13-5-3-4-8-17-14(13)19/h6-7,9,13H,3-5,8H2,1-2H3,(H,17,19)/t13-/m0/s1. The first kappa shape index (κ1) is 14.9. The van der Waals surface area contributed by atoms with Crippen molar-refractivity contribution < 1.29 is 9.59 Å². The number of carbonyl (C=O) groups excluding carboxylic acids is 2. The fourth-order valence-electron chi connectivity index (χ4n) is 2.42. The molecular formula is C15H19ClN2O2. The maximum Gasteiger partial charge on any atom is 0.255 e. The van der Waals surface area contributed by atoms with Crippen molar-refractivity contribution in [2.75, 3.05) is 13.6 Å². The molecule has 1 atom stereocenters. The van der Waals surface area contributed by atoms with E-state index in [2.05, 4.69) is 5.32 Å². The van der Waals surface area contributed by atoms with Crippen LogP contribution in [0.25, 0.3) is 0 Å². The smallest absolute Gasteiger partial charge is 0.255 e. The number of nitrogens with one attached hydrogen (secondary N) is 1. The van der Waals surface area contributed by atoms with Crippen molar-refractivity contribution in [1.82, 2.24) is 10.2 Å². The van der Waals surface area contributed by atoms with E-state index < -0.39 is 6.04 Å². The number of nitrogens with zero attached hydrogens (tertiary/aromatic N) is 1. The lowest BCUT2D eigenvalue weighted by atomic mass is 10.1. The molecule has 0 unspecified atom stereocenters. The van der Waals surface area contributed by atoms with Gasteiger partial charge in [0.05, 0.1) is 10.6 Å². The zero-order chi connectivity index (χ0) is 14.7. The number of rotatable bonds is 2. The molecule has 0 aliphatic carbocycles. The van der Waals surface area contributed by atoms with E-state index in [1.807, 2.05) is 13.0 Å². The zero-order valence-corrected chi connectivity index (χ0v) is 12.5. The van der Waals surface area contributed by atoms with E-state index in [0.717, 1.165) is 18.4 Å². The third-order valence-electron chi connectivity index (χ3n) is 3.65. The zero-order valence-electron chi connectivity index (χ0n) is 11.8. The molecule has 5 heteroatoms. The van der Waals surface area contributed by atoms with Crippen LogP contribution in [0.5, 0.6) is 0 Å². The van der Waals surface area contributed by atoms with E-state index in [1.54, 1.807) is 19.2 Å². The molecule has 20 heavy (non-hydrogen) atoms. The Morgan fingerprint density at radius 1 is 1.40 bits per heavy atom. The maximum atomic E-state index is 12.5. The molecule has 2 rings (SSSR count). The summed E-state index contributed by atoms with van der Waals surface area (Å²) in [6, 6.07) is 4.91. The predicted molar refractivity (Wildman–Crippen MR) is 78.9 cm³/mol. The molecule has 1 aliphatic heterocycles. The fourth-order valence-corrected chi connectivity index (χ4v) is 2.73. The van der Waals surface area contributed by atoms with Gasteiger partial charge in [-0.15, -0.1) is 0 Å². The van der Waals surface area contributed by atoms with Gasteiger partial charge in [-0.3, -0.25) is 9.59 Å². The van der Waals surface area contributed by atoms with Crippen molar-refractivity contribution in [3.8, 4) is 0 Å². The molecule has 0 spiro atoms. The van der Waals surface area contributed by atoms with E-state index in [9.17, 15) is 9.59 Å². The maximum absolute atomic E-state index is 12.5. The summed E-state index contributed by atoms with van der Waals surface area (Å²) in [6.45, 7) is 2.60. The second-order valence-electron chi connectivity index (χ2n) is 5.20. The van der Waals surface area contributed by atoms with Gasteiger partial charge in [0.2, 0.25) is 5.91 Å². The Hall–Kier alpha value is -1.55. The van der Waals surface area contributed by atoms with Crippen LogP contribution in [0.3, 0.4) is 0 Å². The number of carbonyl (C=O) groups is 2. The minimum Gasteiger partial charge on any atom is -0.354 e. The molecule has 0 saturated carbocycles. The van der Waals surface area contributed by atoms with Gasteiger partial charge in [0.25, 0.3) is 5.91 Å². The minimum atomic E-state index is -0.414. The van der Waals surface area contributed by atoms with Crippen molar-refractivity contribution in [1.29, 1.82) is 0 Å². The average molecular weight is 295 g/mol. The largest absolute Gasteiger partial charge is 0.354 e. The Morgan fingerprint density at radius 3 is 2.85 bits per heavy atom. The van der Waals surface area contributed by atoms with Gasteiger partial charge in [-0.25, -0.2) is 0 Å². The van der Waals surface area contributed by atoms with Gasteiger partial charge in [-0.1, -0.05) is 17.7 Å². The van der Waals surface area contributed by atoms with Crippen molar-refractivity contribution in [3.63, 3.8) is 0 Å². The Labute approximate surface area is 124 Å². The highest BCUT2D eigenvalue weighted by atomic mass is 35.5. The summed E-state index contributed by atoms with van der Waals surface area (Å²) < 4.78 is 0. The van der Waals surface area contributed by atoms with Crippen molar-refractivity contribution >= 4 is 23.4 Å². The van der Waals surface area contributed by atoms with Gasteiger partial charge in [-0.05, 0) is 43.9 Å². The molecule has 4 nitrogen and oxygen atoms in total. The summed E-state index contributed by atoms with van der Waals surface area (Å²) in [7, 11) is 1.66. The number of hydrogen-bond donors (Lipinski definition) is 1. The minimum absolute atomic E-state index is 0.0819. The summed E-state index contributed by atoms with van der Waals surface area (Å²) in [5, 5.41) is 3.27. The second kappa shape index (κ2) is 6.27. The molecule has 0 radical (unpaired) electrons. The third kappa shape index (κ3) is 3.12. The lowest BCUT2D eigenvalue weighted by Crippen LogP contribution is -2.46. The van der Waals surface area contributed by atoms with Crippen LogP contribution in [0.2, 0.25) is 5.02 Å². The van der Waals surface area contributed by atoms with Gasteiger partial charge in [0.15, 0.2) is 0 Å². The highest BCUT2D eigenvalue weighted by molar-refractivity contribution is 6.33. The lowest BCUT2D eigenvalue weighted by molar-refractivity contribution is -0.125. The SMILES string of the molecule is Cc1ccc(C(=O)N(C)[C@H]2CCCCNC2=O)c(Cl)c1. The number of aryl methyl sites for hydroxylation is 1. The van der Waals surface area contributed by atoms with E-state index in [-0.39, 0.29) is 11.8 Å². The van der Waals surface area contributed by atoms with Crippen LogP contribution in [0.4, 0.5) is 0 Å². The number of amides is 2. The molecule has 1 aliphatic rings. The Bertz CT molecular complexity index is 531.